The molecule has 1 aliphatic carbocycles. The van der Waals surface area contributed by atoms with Gasteiger partial charge in [-0.1, -0.05) is 48.5 Å². The maximum absolute atomic E-state index is 12.9. The molecule has 1 aromatic carbocycles. The summed E-state index contributed by atoms with van der Waals surface area (Å²) < 4.78 is 2.00. The third-order valence-electron chi connectivity index (χ3n) is 6.37. The Kier molecular flexibility index (Phi) is 5.97. The lowest BCUT2D eigenvalue weighted by Crippen LogP contribution is -2.35. The van der Waals surface area contributed by atoms with E-state index >= 15 is 0 Å². The molecular weight excluding hydrogens is 477 g/mol. The number of aromatic nitrogens is 1. The Bertz CT molecular complexity index is 1270. The number of nitrogens with zero attached hydrogens (tertiary/aromatic N) is 4. The van der Waals surface area contributed by atoms with Crippen molar-refractivity contribution in [3.63, 3.8) is 0 Å². The second-order valence-corrected chi connectivity index (χ2v) is 10.3. The predicted octanol–water partition coefficient (Wildman–Crippen LogP) is 6.60. The Balaban J connectivity index is 1.49. The standard InChI is InChI=1S/C24H23Cl2N5OS/c1-13-11-16(14(2)30(13)19-10-6-9-18(25)20(19)26)12-17-21(27)31-24(28-22(17)32)33-23(29-31)15-7-4-3-5-8-15/h6,9-12,15,27H,3-5,7-8H2,1-2H3/b17-12-,27-21?. The van der Waals surface area contributed by atoms with Crippen LogP contribution in [0, 0.1) is 25.2 Å². The average Bonchev–Trinajstić information content (AvgIpc) is 3.34. The number of carbonyl (C=O) groups excluding carboxylic acids is 1. The first-order valence-electron chi connectivity index (χ1n) is 11.0. The fraction of sp³-hybridized carbons (Fsp3) is 0.333. The number of hydrogen-bond acceptors (Lipinski definition) is 4. The SMILES string of the molecule is Cc1cc(/C=C2/C(=N)N3N=C(C4CCCCC4)SC3=NC2=O)c(C)n1-c1cccc(Cl)c1Cl. The van der Waals surface area contributed by atoms with Crippen LogP contribution < -0.4 is 0 Å². The molecule has 1 saturated carbocycles. The number of carbonyl (C=O) groups is 1. The van der Waals surface area contributed by atoms with Gasteiger partial charge in [-0.05, 0) is 68.3 Å². The topological polar surface area (TPSA) is 73.8 Å². The largest absolute Gasteiger partial charge is 0.316 e. The fourth-order valence-electron chi connectivity index (χ4n) is 4.65. The van der Waals surface area contributed by atoms with E-state index in [1.807, 2.05) is 36.6 Å². The van der Waals surface area contributed by atoms with Crippen molar-refractivity contribution in [2.75, 3.05) is 0 Å². The summed E-state index contributed by atoms with van der Waals surface area (Å²) in [5.41, 5.74) is 3.65. The van der Waals surface area contributed by atoms with Crippen molar-refractivity contribution < 1.29 is 4.79 Å². The molecule has 1 amide bonds. The Labute approximate surface area is 206 Å². The molecule has 0 bridgehead atoms. The van der Waals surface area contributed by atoms with Crippen LogP contribution in [0.15, 0.2) is 39.9 Å². The van der Waals surface area contributed by atoms with Crippen LogP contribution in [0.5, 0.6) is 0 Å². The van der Waals surface area contributed by atoms with E-state index in [1.54, 1.807) is 12.1 Å². The molecule has 0 saturated heterocycles. The molecule has 1 fully saturated rings. The molecule has 0 radical (unpaired) electrons. The maximum atomic E-state index is 12.9. The molecule has 5 rings (SSSR count). The van der Waals surface area contributed by atoms with Gasteiger partial charge in [0.15, 0.2) is 5.84 Å². The molecule has 1 aromatic heterocycles. The van der Waals surface area contributed by atoms with E-state index in [4.69, 9.17) is 28.6 Å². The first-order chi connectivity index (χ1) is 15.8. The Morgan fingerprint density at radius 3 is 2.70 bits per heavy atom. The number of hydrogen-bond donors (Lipinski definition) is 1. The van der Waals surface area contributed by atoms with Gasteiger partial charge in [0.1, 0.15) is 5.04 Å². The van der Waals surface area contributed by atoms with Crippen LogP contribution in [-0.4, -0.2) is 31.5 Å². The number of nitrogens with one attached hydrogen (secondary N) is 1. The van der Waals surface area contributed by atoms with E-state index in [2.05, 4.69) is 10.1 Å². The molecule has 33 heavy (non-hydrogen) atoms. The molecule has 3 heterocycles. The van der Waals surface area contributed by atoms with E-state index in [1.165, 1.54) is 36.0 Å². The quantitative estimate of drug-likeness (QED) is 0.483. The average molecular weight is 500 g/mol. The van der Waals surface area contributed by atoms with Crippen LogP contribution in [0.1, 0.15) is 49.1 Å². The van der Waals surface area contributed by atoms with E-state index in [-0.39, 0.29) is 11.4 Å². The normalized spacial score (nSPS) is 20.4. The van der Waals surface area contributed by atoms with E-state index in [9.17, 15) is 4.79 Å². The van der Waals surface area contributed by atoms with Gasteiger partial charge in [0.2, 0.25) is 5.17 Å². The molecular formula is C24H23Cl2N5OS. The van der Waals surface area contributed by atoms with Crippen molar-refractivity contribution in [3.8, 4) is 5.69 Å². The molecule has 2 aliphatic heterocycles. The highest BCUT2D eigenvalue weighted by Gasteiger charge is 2.38. The number of halogens is 2. The second-order valence-electron chi connectivity index (χ2n) is 8.53. The molecule has 3 aliphatic rings. The molecule has 1 N–H and O–H groups in total. The van der Waals surface area contributed by atoms with Gasteiger partial charge in [0.05, 0.1) is 21.3 Å². The van der Waals surface area contributed by atoms with Crippen molar-refractivity contribution in [3.05, 3.63) is 56.8 Å². The first kappa shape index (κ1) is 22.4. The summed E-state index contributed by atoms with van der Waals surface area (Å²) in [7, 11) is 0. The molecule has 0 atom stereocenters. The number of aliphatic imine (C=N–C) groups is 1. The smallest absolute Gasteiger partial charge is 0.283 e. The minimum absolute atomic E-state index is 0.0638. The van der Waals surface area contributed by atoms with Gasteiger partial charge in [-0.3, -0.25) is 10.2 Å². The number of benzene rings is 1. The molecule has 170 valence electrons. The third kappa shape index (κ3) is 3.96. The lowest BCUT2D eigenvalue weighted by Gasteiger charge is -2.20. The minimum Gasteiger partial charge on any atom is -0.316 e. The predicted molar refractivity (Wildman–Crippen MR) is 137 cm³/mol. The van der Waals surface area contributed by atoms with Gasteiger partial charge < -0.3 is 4.57 Å². The van der Waals surface area contributed by atoms with Gasteiger partial charge >= 0.3 is 0 Å². The Morgan fingerprint density at radius 1 is 1.18 bits per heavy atom. The lowest BCUT2D eigenvalue weighted by molar-refractivity contribution is -0.114. The fourth-order valence-corrected chi connectivity index (χ4v) is 6.09. The lowest BCUT2D eigenvalue weighted by atomic mass is 9.90. The molecule has 0 unspecified atom stereocenters. The highest BCUT2D eigenvalue weighted by atomic mass is 35.5. The summed E-state index contributed by atoms with van der Waals surface area (Å²) in [5.74, 6) is 0.0482. The monoisotopic (exact) mass is 499 g/mol. The summed E-state index contributed by atoms with van der Waals surface area (Å²) in [6.45, 7) is 3.92. The van der Waals surface area contributed by atoms with E-state index < -0.39 is 5.91 Å². The van der Waals surface area contributed by atoms with Crippen LogP contribution in [0.3, 0.4) is 0 Å². The number of amidine groups is 2. The van der Waals surface area contributed by atoms with Gasteiger partial charge in [-0.15, -0.1) is 0 Å². The highest BCUT2D eigenvalue weighted by Crippen LogP contribution is 2.37. The summed E-state index contributed by atoms with van der Waals surface area (Å²) in [6.07, 6.45) is 7.60. The zero-order valence-electron chi connectivity index (χ0n) is 18.4. The van der Waals surface area contributed by atoms with Crippen molar-refractivity contribution in [1.82, 2.24) is 9.58 Å². The maximum Gasteiger partial charge on any atom is 0.283 e. The van der Waals surface area contributed by atoms with Crippen molar-refractivity contribution in [2.45, 2.75) is 46.0 Å². The van der Waals surface area contributed by atoms with Gasteiger partial charge in [0, 0.05) is 17.3 Å². The second kappa shape index (κ2) is 8.78. The summed E-state index contributed by atoms with van der Waals surface area (Å²) in [5, 5.41) is 17.3. The number of rotatable bonds is 3. The van der Waals surface area contributed by atoms with Gasteiger partial charge in [0.25, 0.3) is 5.91 Å². The van der Waals surface area contributed by atoms with Crippen LogP contribution in [0.2, 0.25) is 10.0 Å². The number of fused-ring (bicyclic) bond motifs is 1. The van der Waals surface area contributed by atoms with E-state index in [0.29, 0.717) is 21.1 Å². The number of hydrazone groups is 1. The third-order valence-corrected chi connectivity index (χ3v) is 8.25. The molecule has 2 aromatic rings. The highest BCUT2D eigenvalue weighted by molar-refractivity contribution is 8.27. The number of amides is 1. The zero-order chi connectivity index (χ0) is 23.3. The first-order valence-corrected chi connectivity index (χ1v) is 12.6. The minimum atomic E-state index is -0.413. The summed E-state index contributed by atoms with van der Waals surface area (Å²) >= 11 is 14.1. The zero-order valence-corrected chi connectivity index (χ0v) is 20.7. The van der Waals surface area contributed by atoms with Crippen LogP contribution in [-0.2, 0) is 4.79 Å². The summed E-state index contributed by atoms with van der Waals surface area (Å²) in [4.78, 5) is 17.1. The molecule has 6 nitrogen and oxygen atoms in total. The van der Waals surface area contributed by atoms with Gasteiger partial charge in [-0.25, -0.2) is 0 Å². The van der Waals surface area contributed by atoms with E-state index in [0.717, 1.165) is 40.5 Å². The Morgan fingerprint density at radius 2 is 1.94 bits per heavy atom. The van der Waals surface area contributed by atoms with Crippen molar-refractivity contribution >= 4 is 63.0 Å². The van der Waals surface area contributed by atoms with Crippen molar-refractivity contribution in [1.29, 1.82) is 5.41 Å². The van der Waals surface area contributed by atoms with Crippen LogP contribution >= 0.6 is 35.0 Å². The molecule has 9 heteroatoms. The van der Waals surface area contributed by atoms with Crippen molar-refractivity contribution in [2.24, 2.45) is 16.0 Å². The molecule has 0 spiro atoms. The number of thioether (sulfide) groups is 1. The Hall–Kier alpha value is -2.35. The van der Waals surface area contributed by atoms with Gasteiger partial charge in [-0.2, -0.15) is 15.1 Å². The van der Waals surface area contributed by atoms with Crippen LogP contribution in [0.25, 0.3) is 11.8 Å². The van der Waals surface area contributed by atoms with Crippen LogP contribution in [0.4, 0.5) is 0 Å². The summed E-state index contributed by atoms with van der Waals surface area (Å²) in [6, 6.07) is 7.47. The number of aryl methyl sites for hydroxylation is 1.